The standard InChI is InChI=1S/C9H5Cl2F3O2/c10-3-7(15)5-1-4(9(12,13)14)2-6(11)8(5)16/h1-2,16H,3H2. The third-order valence-corrected chi connectivity index (χ3v) is 2.34. The van der Waals surface area contributed by atoms with E-state index in [1.807, 2.05) is 0 Å². The van der Waals surface area contributed by atoms with E-state index in [2.05, 4.69) is 0 Å². The van der Waals surface area contributed by atoms with Crippen LogP contribution in [0, 0.1) is 0 Å². The molecule has 0 fully saturated rings. The van der Waals surface area contributed by atoms with Gasteiger partial charge in [-0.2, -0.15) is 13.2 Å². The SMILES string of the molecule is O=C(CCl)c1cc(C(F)(F)F)cc(Cl)c1O. The number of halogens is 5. The first kappa shape index (κ1) is 13.1. The number of Topliss-reactive ketones (excluding diaryl/α,β-unsaturated/α-hetero) is 1. The Labute approximate surface area is 98.6 Å². The van der Waals surface area contributed by atoms with Gasteiger partial charge in [0.15, 0.2) is 5.78 Å². The number of phenols is 1. The molecule has 0 heterocycles. The molecule has 0 atom stereocenters. The molecule has 0 bridgehead atoms. The summed E-state index contributed by atoms with van der Waals surface area (Å²) >= 11 is 10.6. The molecule has 88 valence electrons. The third kappa shape index (κ3) is 2.59. The van der Waals surface area contributed by atoms with E-state index in [0.29, 0.717) is 12.1 Å². The molecule has 0 saturated carbocycles. The van der Waals surface area contributed by atoms with E-state index in [0.717, 1.165) is 0 Å². The van der Waals surface area contributed by atoms with E-state index in [-0.39, 0.29) is 0 Å². The molecule has 0 aliphatic carbocycles. The first-order valence-electron chi connectivity index (χ1n) is 3.96. The Morgan fingerprint density at radius 1 is 1.38 bits per heavy atom. The van der Waals surface area contributed by atoms with Gasteiger partial charge in [0.1, 0.15) is 5.75 Å². The molecule has 7 heteroatoms. The van der Waals surface area contributed by atoms with Crippen molar-refractivity contribution in [3.8, 4) is 5.75 Å². The van der Waals surface area contributed by atoms with E-state index >= 15 is 0 Å². The second kappa shape index (κ2) is 4.51. The highest BCUT2D eigenvalue weighted by Gasteiger charge is 2.32. The number of phenolic OH excluding ortho intramolecular Hbond substituents is 1. The number of alkyl halides is 4. The number of carbonyl (C=O) groups excluding carboxylic acids is 1. The van der Waals surface area contributed by atoms with Gasteiger partial charge in [-0.3, -0.25) is 4.79 Å². The predicted octanol–water partition coefficient (Wildman–Crippen LogP) is 3.49. The quantitative estimate of drug-likeness (QED) is 0.661. The summed E-state index contributed by atoms with van der Waals surface area (Å²) in [6, 6.07) is 1.06. The van der Waals surface area contributed by atoms with E-state index in [9.17, 15) is 23.1 Å². The molecule has 1 aromatic carbocycles. The number of aromatic hydroxyl groups is 1. The van der Waals surface area contributed by atoms with Crippen LogP contribution in [0.3, 0.4) is 0 Å². The van der Waals surface area contributed by atoms with Crippen molar-refractivity contribution in [2.75, 3.05) is 5.88 Å². The Morgan fingerprint density at radius 3 is 2.38 bits per heavy atom. The van der Waals surface area contributed by atoms with Gasteiger partial charge in [-0.05, 0) is 12.1 Å². The summed E-state index contributed by atoms with van der Waals surface area (Å²) in [6.45, 7) is 0. The highest BCUT2D eigenvalue weighted by atomic mass is 35.5. The molecule has 2 nitrogen and oxygen atoms in total. The first-order chi connectivity index (χ1) is 7.27. The number of rotatable bonds is 2. The topological polar surface area (TPSA) is 37.3 Å². The average molecular weight is 273 g/mol. The van der Waals surface area contributed by atoms with E-state index in [4.69, 9.17) is 23.2 Å². The van der Waals surface area contributed by atoms with Crippen LogP contribution in [0.4, 0.5) is 13.2 Å². The molecule has 0 radical (unpaired) electrons. The van der Waals surface area contributed by atoms with Crippen molar-refractivity contribution < 1.29 is 23.1 Å². The Morgan fingerprint density at radius 2 is 1.94 bits per heavy atom. The molecule has 1 N–H and O–H groups in total. The van der Waals surface area contributed by atoms with Gasteiger partial charge in [0, 0.05) is 0 Å². The lowest BCUT2D eigenvalue weighted by Crippen LogP contribution is -2.09. The summed E-state index contributed by atoms with van der Waals surface area (Å²) < 4.78 is 37.1. The van der Waals surface area contributed by atoms with Crippen LogP contribution < -0.4 is 0 Å². The molecular formula is C9H5Cl2F3O2. The van der Waals surface area contributed by atoms with Gasteiger partial charge in [0.05, 0.1) is 22.0 Å². The predicted molar refractivity (Wildman–Crippen MR) is 53.2 cm³/mol. The molecule has 0 saturated heterocycles. The Kier molecular flexibility index (Phi) is 3.70. The lowest BCUT2D eigenvalue weighted by molar-refractivity contribution is -0.137. The van der Waals surface area contributed by atoms with Crippen molar-refractivity contribution in [2.45, 2.75) is 6.18 Å². The van der Waals surface area contributed by atoms with Crippen LogP contribution >= 0.6 is 23.2 Å². The fourth-order valence-electron chi connectivity index (χ4n) is 1.05. The molecule has 0 spiro atoms. The Bertz CT molecular complexity index is 429. The number of carbonyl (C=O) groups is 1. The highest BCUT2D eigenvalue weighted by Crippen LogP contribution is 2.37. The first-order valence-corrected chi connectivity index (χ1v) is 4.87. The molecule has 1 rings (SSSR count). The molecule has 1 aromatic rings. The van der Waals surface area contributed by atoms with Crippen LogP contribution in [0.25, 0.3) is 0 Å². The van der Waals surface area contributed by atoms with E-state index in [1.54, 1.807) is 0 Å². The molecule has 0 aromatic heterocycles. The Balaban J connectivity index is 3.39. The number of hydrogen-bond donors (Lipinski definition) is 1. The number of hydrogen-bond acceptors (Lipinski definition) is 2. The van der Waals surface area contributed by atoms with Gasteiger partial charge in [-0.25, -0.2) is 0 Å². The summed E-state index contributed by atoms with van der Waals surface area (Å²) in [4.78, 5) is 11.1. The zero-order valence-corrected chi connectivity index (χ0v) is 9.12. The van der Waals surface area contributed by atoms with Crippen molar-refractivity contribution >= 4 is 29.0 Å². The summed E-state index contributed by atoms with van der Waals surface area (Å²) in [6.07, 6.45) is -4.64. The van der Waals surface area contributed by atoms with Gasteiger partial charge >= 0.3 is 6.18 Å². The lowest BCUT2D eigenvalue weighted by atomic mass is 10.1. The monoisotopic (exact) mass is 272 g/mol. The maximum absolute atomic E-state index is 12.4. The number of benzene rings is 1. The minimum absolute atomic E-state index is 0.520. The molecule has 16 heavy (non-hydrogen) atoms. The number of ketones is 1. The van der Waals surface area contributed by atoms with Gasteiger partial charge in [-0.1, -0.05) is 11.6 Å². The second-order valence-corrected chi connectivity index (χ2v) is 3.58. The fraction of sp³-hybridized carbons (Fsp3) is 0.222. The third-order valence-electron chi connectivity index (χ3n) is 1.81. The zero-order chi connectivity index (χ0) is 12.5. The average Bonchev–Trinajstić information content (AvgIpc) is 2.19. The van der Waals surface area contributed by atoms with Crippen LogP contribution in [0.2, 0.25) is 5.02 Å². The summed E-state index contributed by atoms with van der Waals surface area (Å²) in [5.41, 5.74) is -1.64. The van der Waals surface area contributed by atoms with Crippen LogP contribution in [-0.4, -0.2) is 16.8 Å². The maximum Gasteiger partial charge on any atom is 0.416 e. The minimum atomic E-state index is -4.64. The van der Waals surface area contributed by atoms with Crippen molar-refractivity contribution in [1.82, 2.24) is 0 Å². The summed E-state index contributed by atoms with van der Waals surface area (Å²) in [5, 5.41) is 8.77. The largest absolute Gasteiger partial charge is 0.506 e. The minimum Gasteiger partial charge on any atom is -0.506 e. The molecular weight excluding hydrogens is 268 g/mol. The van der Waals surface area contributed by atoms with Crippen LogP contribution in [0.1, 0.15) is 15.9 Å². The van der Waals surface area contributed by atoms with Gasteiger partial charge in [-0.15, -0.1) is 11.6 Å². The van der Waals surface area contributed by atoms with Crippen molar-refractivity contribution in [3.63, 3.8) is 0 Å². The van der Waals surface area contributed by atoms with Crippen molar-refractivity contribution in [1.29, 1.82) is 0 Å². The van der Waals surface area contributed by atoms with Gasteiger partial charge in [0.2, 0.25) is 0 Å². The van der Waals surface area contributed by atoms with Crippen LogP contribution in [0.5, 0.6) is 5.75 Å². The zero-order valence-electron chi connectivity index (χ0n) is 7.61. The maximum atomic E-state index is 12.4. The van der Waals surface area contributed by atoms with Crippen LogP contribution in [0.15, 0.2) is 12.1 Å². The second-order valence-electron chi connectivity index (χ2n) is 2.91. The molecule has 0 aliphatic heterocycles. The molecule has 0 aliphatic rings. The van der Waals surface area contributed by atoms with Crippen molar-refractivity contribution in [3.05, 3.63) is 28.3 Å². The smallest absolute Gasteiger partial charge is 0.416 e. The summed E-state index contributed by atoms with van der Waals surface area (Å²) in [7, 11) is 0. The van der Waals surface area contributed by atoms with E-state index < -0.39 is 39.7 Å². The van der Waals surface area contributed by atoms with Crippen LogP contribution in [-0.2, 0) is 6.18 Å². The molecule has 0 amide bonds. The Hall–Kier alpha value is -0.940. The normalized spacial score (nSPS) is 11.6. The fourth-order valence-corrected chi connectivity index (χ4v) is 1.41. The highest BCUT2D eigenvalue weighted by molar-refractivity contribution is 6.34. The van der Waals surface area contributed by atoms with Gasteiger partial charge in [0.25, 0.3) is 0 Å². The molecule has 0 unspecified atom stereocenters. The van der Waals surface area contributed by atoms with Crippen molar-refractivity contribution in [2.24, 2.45) is 0 Å². The summed E-state index contributed by atoms with van der Waals surface area (Å²) in [5.74, 6) is -2.06. The van der Waals surface area contributed by atoms with Gasteiger partial charge < -0.3 is 5.11 Å². The van der Waals surface area contributed by atoms with E-state index in [1.165, 1.54) is 0 Å². The lowest BCUT2D eigenvalue weighted by Gasteiger charge is -2.10.